The number of hydrogen-bond acceptors (Lipinski definition) is 17. The molecular formula is C58H77N11O7S. The number of anilines is 3. The Bertz CT molecular complexity index is 2820. The summed E-state index contributed by atoms with van der Waals surface area (Å²) in [5, 5.41) is 37.3. The van der Waals surface area contributed by atoms with Crippen LogP contribution in [0.25, 0.3) is 21.7 Å². The van der Waals surface area contributed by atoms with E-state index in [-0.39, 0.29) is 60.3 Å². The number of para-hydroxylation sites is 1. The van der Waals surface area contributed by atoms with Crippen molar-refractivity contribution in [2.45, 2.75) is 133 Å². The van der Waals surface area contributed by atoms with E-state index in [4.69, 9.17) is 19.7 Å². The first-order chi connectivity index (χ1) is 37.3. The highest BCUT2D eigenvalue weighted by Crippen LogP contribution is 2.40. The van der Waals surface area contributed by atoms with Gasteiger partial charge in [0.15, 0.2) is 17.4 Å². The Labute approximate surface area is 456 Å². The van der Waals surface area contributed by atoms with Gasteiger partial charge in [0.25, 0.3) is 0 Å². The standard InChI is InChI=1S/C58H77N11O7S/c1-36(2)53(57(73)69-33-43(70)29-49(69)56(72)61-37(3)40-9-11-41(12-10-40)54-38(4)60-35-77-54)51-31-52(64-76-51)68-21-15-45(16-22-68)75-44-13-19-66(20-14-44)42-27-39(28-42)32-65-25-26-74-58(34-65)17-23-67(24-18-58)48-30-47(62-63-55(48)59)46-7-5-6-8-50(46)71/h5-12,30-31,35-37,39,42-45,49,53,70-71H,13-29,32-34H2,1-4H3,(H2,59,63)(H,61,72)/t37-,39-,42-,43+,49-,53-/m0/s1. The first-order valence-electron chi connectivity index (χ1n) is 28.2. The molecule has 18 nitrogen and oxygen atoms in total. The van der Waals surface area contributed by atoms with Crippen molar-refractivity contribution in [1.29, 1.82) is 0 Å². The van der Waals surface area contributed by atoms with E-state index in [2.05, 4.69) is 45.3 Å². The third kappa shape index (κ3) is 11.7. The van der Waals surface area contributed by atoms with E-state index in [1.54, 1.807) is 23.5 Å². The molecule has 412 valence electrons. The Morgan fingerprint density at radius 3 is 2.34 bits per heavy atom. The van der Waals surface area contributed by atoms with Crippen LogP contribution >= 0.6 is 11.3 Å². The Hall–Kier alpha value is -5.70. The predicted octanol–water partition coefficient (Wildman–Crippen LogP) is 7.03. The maximum atomic E-state index is 14.4. The number of aromatic nitrogens is 4. The minimum atomic E-state index is -0.802. The highest BCUT2D eigenvalue weighted by atomic mass is 32.1. The summed E-state index contributed by atoms with van der Waals surface area (Å²) in [6.07, 6.45) is 8.15. The first kappa shape index (κ1) is 53.3. The van der Waals surface area contributed by atoms with Crippen molar-refractivity contribution in [2.24, 2.45) is 11.8 Å². The minimum Gasteiger partial charge on any atom is -0.507 e. The fraction of sp³-hybridized carbons (Fsp3) is 0.586. The van der Waals surface area contributed by atoms with Crippen LogP contribution in [-0.4, -0.2) is 165 Å². The number of aromatic hydroxyl groups is 1. The average Bonchev–Trinajstić information content (AvgIpc) is 4.22. The van der Waals surface area contributed by atoms with Gasteiger partial charge in [-0.3, -0.25) is 14.5 Å². The molecule has 77 heavy (non-hydrogen) atoms. The number of carbonyl (C=O) groups is 2. The van der Waals surface area contributed by atoms with Crippen LogP contribution in [0.1, 0.15) is 108 Å². The molecule has 11 rings (SSSR count). The molecular weight excluding hydrogens is 995 g/mol. The number of rotatable bonds is 15. The summed E-state index contributed by atoms with van der Waals surface area (Å²) in [6.45, 7) is 17.2. The maximum absolute atomic E-state index is 14.4. The highest BCUT2D eigenvalue weighted by Gasteiger charge is 2.45. The van der Waals surface area contributed by atoms with Crippen molar-refractivity contribution in [3.8, 4) is 27.4 Å². The average molecular weight is 1070 g/mol. The summed E-state index contributed by atoms with van der Waals surface area (Å²) in [4.78, 5) is 45.1. The Kier molecular flexibility index (Phi) is 15.9. The second-order valence-electron chi connectivity index (χ2n) is 23.1. The summed E-state index contributed by atoms with van der Waals surface area (Å²) in [5.74, 6) is 1.17. The van der Waals surface area contributed by atoms with E-state index < -0.39 is 18.1 Å². The molecule has 4 atom stereocenters. The number of aliphatic hydroxyl groups is 1. The predicted molar refractivity (Wildman–Crippen MR) is 297 cm³/mol. The molecule has 0 bridgehead atoms. The molecule has 19 heteroatoms. The van der Waals surface area contributed by atoms with Gasteiger partial charge in [0, 0.05) is 89.5 Å². The first-order valence-corrected chi connectivity index (χ1v) is 29.1. The van der Waals surface area contributed by atoms with Gasteiger partial charge in [0.05, 0.1) is 64.0 Å². The van der Waals surface area contributed by atoms with E-state index in [1.807, 2.05) is 81.7 Å². The molecule has 1 saturated carbocycles. The van der Waals surface area contributed by atoms with Gasteiger partial charge in [-0.05, 0) is 106 Å². The van der Waals surface area contributed by atoms with E-state index in [9.17, 15) is 19.8 Å². The second-order valence-corrected chi connectivity index (χ2v) is 24.0. The lowest BCUT2D eigenvalue weighted by Gasteiger charge is -2.51. The molecule has 2 amide bonds. The SMILES string of the molecule is Cc1ncsc1-c1ccc([C@H](C)NC(=O)[C@@H]2C[C@@H](O)CN2C(=O)[C@H](c2cc(N3CCC(OC4CCN([C@H]5C[C@H](CN6CCOC7(CCN(c8cc(-c9ccccc9O)nnc8N)CC7)C6)C5)CC4)CC3)no2)C(C)C)cc1. The number of phenols is 1. The molecule has 1 aliphatic carbocycles. The number of carbonyl (C=O) groups excluding carboxylic acids is 2. The summed E-state index contributed by atoms with van der Waals surface area (Å²) >= 11 is 1.60. The quantitative estimate of drug-likeness (QED) is 0.0829. The number of benzene rings is 2. The van der Waals surface area contributed by atoms with Crippen LogP contribution in [-0.2, 0) is 19.1 Å². The molecule has 8 heterocycles. The lowest BCUT2D eigenvalue weighted by Crippen LogP contribution is -2.59. The van der Waals surface area contributed by atoms with Gasteiger partial charge >= 0.3 is 0 Å². The molecule has 5 N–H and O–H groups in total. The number of aliphatic hydroxyl groups excluding tert-OH is 1. The molecule has 5 saturated heterocycles. The number of ether oxygens (including phenoxy) is 2. The van der Waals surface area contributed by atoms with E-state index >= 15 is 0 Å². The zero-order valence-corrected chi connectivity index (χ0v) is 46.0. The largest absolute Gasteiger partial charge is 0.507 e. The number of phenolic OH excluding ortho intramolecular Hbond substituents is 1. The molecule has 6 aliphatic rings. The fourth-order valence-corrected chi connectivity index (χ4v) is 13.9. The molecule has 1 spiro atoms. The van der Waals surface area contributed by atoms with Crippen molar-refractivity contribution >= 4 is 40.5 Å². The van der Waals surface area contributed by atoms with Gasteiger partial charge in [0.1, 0.15) is 17.7 Å². The smallest absolute Gasteiger partial charge is 0.243 e. The minimum absolute atomic E-state index is 0.0839. The van der Waals surface area contributed by atoms with Crippen LogP contribution in [0.4, 0.5) is 17.3 Å². The number of likely N-dealkylation sites (tertiary alicyclic amines) is 2. The zero-order chi connectivity index (χ0) is 53.4. The van der Waals surface area contributed by atoms with Crippen molar-refractivity contribution in [3.63, 3.8) is 0 Å². The van der Waals surface area contributed by atoms with Gasteiger partial charge < -0.3 is 54.9 Å². The van der Waals surface area contributed by atoms with Crippen molar-refractivity contribution < 1.29 is 33.8 Å². The molecule has 5 aromatic rings. The molecule has 0 unspecified atom stereocenters. The maximum Gasteiger partial charge on any atom is 0.243 e. The lowest BCUT2D eigenvalue weighted by molar-refractivity contribution is -0.141. The number of amides is 2. The van der Waals surface area contributed by atoms with Crippen LogP contribution in [0.15, 0.2) is 70.7 Å². The third-order valence-electron chi connectivity index (χ3n) is 17.6. The van der Waals surface area contributed by atoms with Crippen LogP contribution in [0.2, 0.25) is 0 Å². The number of aryl methyl sites for hydroxylation is 1. The number of nitrogen functional groups attached to an aromatic ring is 1. The molecule has 0 radical (unpaired) electrons. The van der Waals surface area contributed by atoms with Gasteiger partial charge in [-0.25, -0.2) is 4.98 Å². The molecule has 3 aromatic heterocycles. The number of nitrogens with two attached hydrogens (primary N) is 1. The Morgan fingerprint density at radius 2 is 1.64 bits per heavy atom. The summed E-state index contributed by atoms with van der Waals surface area (Å²) in [7, 11) is 0. The molecule has 6 fully saturated rings. The van der Waals surface area contributed by atoms with Gasteiger partial charge in [0.2, 0.25) is 11.8 Å². The van der Waals surface area contributed by atoms with Gasteiger partial charge in [-0.1, -0.05) is 55.4 Å². The van der Waals surface area contributed by atoms with Gasteiger partial charge in [-0.15, -0.1) is 21.5 Å². The van der Waals surface area contributed by atoms with Crippen LogP contribution in [0, 0.1) is 18.8 Å². The third-order valence-corrected chi connectivity index (χ3v) is 18.6. The van der Waals surface area contributed by atoms with E-state index in [1.165, 1.54) is 17.7 Å². The summed E-state index contributed by atoms with van der Waals surface area (Å²) in [6, 6.07) is 18.7. The van der Waals surface area contributed by atoms with Crippen molar-refractivity contribution in [1.82, 2.24) is 40.4 Å². The number of nitrogens with zero attached hydrogens (tertiary/aromatic N) is 9. The number of β-amino-alcohol motifs (C(OH)–C–C–N with tert-alkyl or cyclic N) is 1. The Balaban J connectivity index is 0.597. The van der Waals surface area contributed by atoms with Crippen LogP contribution in [0.5, 0.6) is 5.75 Å². The number of morpholine rings is 1. The molecule has 2 aromatic carbocycles. The summed E-state index contributed by atoms with van der Waals surface area (Å²) < 4.78 is 19.3. The van der Waals surface area contributed by atoms with Gasteiger partial charge in [-0.2, -0.15) is 0 Å². The van der Waals surface area contributed by atoms with Crippen LogP contribution in [0.3, 0.4) is 0 Å². The summed E-state index contributed by atoms with van der Waals surface area (Å²) in [5.41, 5.74) is 13.2. The van der Waals surface area contributed by atoms with Crippen molar-refractivity contribution in [3.05, 3.63) is 83.2 Å². The normalized spacial score (nSPS) is 24.6. The molecule has 5 aliphatic heterocycles. The highest BCUT2D eigenvalue weighted by molar-refractivity contribution is 7.13. The topological polar surface area (TPSA) is 212 Å². The van der Waals surface area contributed by atoms with E-state index in [0.29, 0.717) is 34.7 Å². The van der Waals surface area contributed by atoms with E-state index in [0.717, 1.165) is 137 Å². The van der Waals surface area contributed by atoms with Crippen LogP contribution < -0.4 is 20.9 Å². The monoisotopic (exact) mass is 1070 g/mol. The van der Waals surface area contributed by atoms with Crippen molar-refractivity contribution in [2.75, 3.05) is 87.6 Å². The lowest BCUT2D eigenvalue weighted by atomic mass is 9.77. The number of thiazole rings is 1. The Morgan fingerprint density at radius 1 is 0.909 bits per heavy atom. The fourth-order valence-electron chi connectivity index (χ4n) is 13.1. The number of piperidine rings is 3. The number of hydrogen-bond donors (Lipinski definition) is 4. The number of nitrogens with one attached hydrogen (secondary N) is 1. The second kappa shape index (κ2) is 22.9. The zero-order valence-electron chi connectivity index (χ0n) is 45.1.